The number of aliphatic hydroxyl groups is 1. The molecule has 2 fully saturated rings. The first-order valence-corrected chi connectivity index (χ1v) is 11.2. The summed E-state index contributed by atoms with van der Waals surface area (Å²) in [5.74, 6) is 0.283. The summed E-state index contributed by atoms with van der Waals surface area (Å²) in [6.45, 7) is 1.88. The molecule has 1 aliphatic carbocycles. The van der Waals surface area contributed by atoms with E-state index in [2.05, 4.69) is 15.0 Å². The second-order valence-electron chi connectivity index (χ2n) is 7.86. The third kappa shape index (κ3) is 3.61. The quantitative estimate of drug-likeness (QED) is 0.639. The van der Waals surface area contributed by atoms with Crippen molar-refractivity contribution in [2.24, 2.45) is 0 Å². The molecule has 0 radical (unpaired) electrons. The molecule has 2 aromatic heterocycles. The van der Waals surface area contributed by atoms with Gasteiger partial charge in [-0.1, -0.05) is 18.2 Å². The van der Waals surface area contributed by atoms with E-state index in [1.807, 2.05) is 41.8 Å². The highest BCUT2D eigenvalue weighted by Gasteiger charge is 2.44. The Morgan fingerprint density at radius 1 is 1.20 bits per heavy atom. The predicted octanol–water partition coefficient (Wildman–Crippen LogP) is 3.17. The third-order valence-electron chi connectivity index (χ3n) is 5.74. The van der Waals surface area contributed by atoms with Crippen LogP contribution in [0.5, 0.6) is 6.01 Å². The van der Waals surface area contributed by atoms with E-state index in [0.29, 0.717) is 11.2 Å². The van der Waals surface area contributed by atoms with Gasteiger partial charge in [-0.25, -0.2) is 4.98 Å². The van der Waals surface area contributed by atoms with Crippen molar-refractivity contribution in [3.8, 4) is 6.01 Å². The first-order chi connectivity index (χ1) is 14.6. The van der Waals surface area contributed by atoms with Crippen LogP contribution in [0.25, 0.3) is 11.2 Å². The molecule has 3 heterocycles. The molecule has 9 heteroatoms. The number of anilines is 1. The number of nitrogens with zero attached hydrogens (tertiary/aromatic N) is 4. The van der Waals surface area contributed by atoms with Crippen molar-refractivity contribution in [1.82, 2.24) is 19.5 Å². The van der Waals surface area contributed by atoms with Crippen molar-refractivity contribution in [3.63, 3.8) is 0 Å². The normalized spacial score (nSPS) is 27.1. The highest BCUT2D eigenvalue weighted by atomic mass is 32.2. The van der Waals surface area contributed by atoms with Gasteiger partial charge in [-0.15, -0.1) is 11.8 Å². The third-order valence-corrected chi connectivity index (χ3v) is 7.07. The number of hydrogen-bond donors (Lipinski definition) is 2. The zero-order chi connectivity index (χ0) is 20.7. The van der Waals surface area contributed by atoms with Gasteiger partial charge in [-0.05, 0) is 44.7 Å². The van der Waals surface area contributed by atoms with E-state index in [-0.39, 0.29) is 29.3 Å². The summed E-state index contributed by atoms with van der Waals surface area (Å²) in [6.07, 6.45) is 4.71. The molecule has 0 bridgehead atoms. The Morgan fingerprint density at radius 2 is 1.97 bits per heavy atom. The Morgan fingerprint density at radius 3 is 2.73 bits per heavy atom. The monoisotopic (exact) mass is 427 g/mol. The molecule has 1 saturated carbocycles. The number of ether oxygens (including phenoxy) is 2. The van der Waals surface area contributed by atoms with Gasteiger partial charge in [-0.2, -0.15) is 9.97 Å². The summed E-state index contributed by atoms with van der Waals surface area (Å²) < 4.78 is 13.9. The molecule has 1 saturated heterocycles. The van der Waals surface area contributed by atoms with Crippen molar-refractivity contribution in [2.45, 2.75) is 67.3 Å². The van der Waals surface area contributed by atoms with E-state index >= 15 is 0 Å². The lowest BCUT2D eigenvalue weighted by molar-refractivity contribution is -0.00601. The summed E-state index contributed by atoms with van der Waals surface area (Å²) in [6, 6.07) is 10.3. The molecule has 2 aliphatic rings. The van der Waals surface area contributed by atoms with E-state index in [9.17, 15) is 5.11 Å². The molecule has 30 heavy (non-hydrogen) atoms. The predicted molar refractivity (Wildman–Crippen MR) is 114 cm³/mol. The standard InChI is InChI=1S/C21H25N5O3S/c1-12-16(27)17(30-14-9-3-2-4-10-14)20(28-12)26-11-23-15-18(22)24-21(25-19(15)26)29-13-7-5-6-8-13/h2-4,9-13,16-17,20,27H,5-8H2,1H3,(H2,22,24,25)/t12-,16-,17+,20-/m1/s1. The van der Waals surface area contributed by atoms with E-state index < -0.39 is 12.3 Å². The molecule has 3 N–H and O–H groups in total. The van der Waals surface area contributed by atoms with Crippen LogP contribution in [0.2, 0.25) is 0 Å². The van der Waals surface area contributed by atoms with Gasteiger partial charge >= 0.3 is 6.01 Å². The van der Waals surface area contributed by atoms with Crippen LogP contribution in [-0.4, -0.2) is 48.2 Å². The van der Waals surface area contributed by atoms with E-state index in [1.54, 1.807) is 18.1 Å². The largest absolute Gasteiger partial charge is 0.460 e. The van der Waals surface area contributed by atoms with Crippen LogP contribution in [0.1, 0.15) is 38.8 Å². The molecule has 4 atom stereocenters. The number of hydrogen-bond acceptors (Lipinski definition) is 8. The molecule has 8 nitrogen and oxygen atoms in total. The molecule has 158 valence electrons. The topological polar surface area (TPSA) is 108 Å². The number of aromatic nitrogens is 4. The van der Waals surface area contributed by atoms with Gasteiger partial charge in [0.2, 0.25) is 0 Å². The van der Waals surface area contributed by atoms with Crippen molar-refractivity contribution < 1.29 is 14.6 Å². The fraction of sp³-hybridized carbons (Fsp3) is 0.476. The Labute approximate surface area is 178 Å². The van der Waals surface area contributed by atoms with E-state index in [0.717, 1.165) is 30.6 Å². The Hall–Kier alpha value is -2.36. The molecule has 0 unspecified atom stereocenters. The summed E-state index contributed by atoms with van der Waals surface area (Å²) in [5.41, 5.74) is 7.22. The molecule has 0 spiro atoms. The van der Waals surface area contributed by atoms with Crippen molar-refractivity contribution in [1.29, 1.82) is 0 Å². The molecule has 1 aromatic carbocycles. The summed E-state index contributed by atoms with van der Waals surface area (Å²) >= 11 is 1.58. The molecule has 1 aliphatic heterocycles. The summed E-state index contributed by atoms with van der Waals surface area (Å²) in [4.78, 5) is 14.4. The van der Waals surface area contributed by atoms with E-state index in [1.165, 1.54) is 0 Å². The van der Waals surface area contributed by atoms with Gasteiger partial charge in [0.25, 0.3) is 0 Å². The molecule has 5 rings (SSSR count). The minimum absolute atomic E-state index is 0.129. The second-order valence-corrected chi connectivity index (χ2v) is 9.11. The maximum atomic E-state index is 10.8. The average molecular weight is 428 g/mol. The Kier molecular flexibility index (Phi) is 5.26. The average Bonchev–Trinajstić information content (AvgIpc) is 3.46. The summed E-state index contributed by atoms with van der Waals surface area (Å²) in [7, 11) is 0. The lowest BCUT2D eigenvalue weighted by Gasteiger charge is -2.21. The van der Waals surface area contributed by atoms with E-state index in [4.69, 9.17) is 15.2 Å². The Balaban J connectivity index is 1.49. The van der Waals surface area contributed by atoms with Crippen LogP contribution in [0, 0.1) is 0 Å². The minimum atomic E-state index is -0.633. The number of aliphatic hydroxyl groups excluding tert-OH is 1. The highest BCUT2D eigenvalue weighted by molar-refractivity contribution is 8.00. The fourth-order valence-corrected chi connectivity index (χ4v) is 5.43. The van der Waals surface area contributed by atoms with Crippen LogP contribution < -0.4 is 10.5 Å². The van der Waals surface area contributed by atoms with Gasteiger partial charge in [0.15, 0.2) is 23.2 Å². The van der Waals surface area contributed by atoms with Crippen molar-refractivity contribution in [2.75, 3.05) is 5.73 Å². The number of thioether (sulfide) groups is 1. The van der Waals surface area contributed by atoms with Crippen molar-refractivity contribution >= 4 is 28.7 Å². The van der Waals surface area contributed by atoms with Gasteiger partial charge in [0, 0.05) is 4.90 Å². The number of fused-ring (bicyclic) bond motifs is 1. The number of nitrogens with two attached hydrogens (primary N) is 1. The smallest absolute Gasteiger partial charge is 0.320 e. The molecular formula is C21H25N5O3S. The van der Waals surface area contributed by atoms with Crippen LogP contribution in [-0.2, 0) is 4.74 Å². The van der Waals surface area contributed by atoms with Gasteiger partial charge in [-0.3, -0.25) is 4.57 Å². The first kappa shape index (κ1) is 19.6. The van der Waals surface area contributed by atoms with Crippen molar-refractivity contribution in [3.05, 3.63) is 36.7 Å². The zero-order valence-corrected chi connectivity index (χ0v) is 17.5. The van der Waals surface area contributed by atoms with Gasteiger partial charge in [0.05, 0.1) is 23.8 Å². The van der Waals surface area contributed by atoms with Crippen LogP contribution in [0.4, 0.5) is 5.82 Å². The molecular weight excluding hydrogens is 402 g/mol. The maximum absolute atomic E-state index is 10.8. The number of imidazole rings is 1. The minimum Gasteiger partial charge on any atom is -0.460 e. The molecule has 0 amide bonds. The first-order valence-electron chi connectivity index (χ1n) is 10.3. The Bertz CT molecular complexity index is 1020. The fourth-order valence-electron chi connectivity index (χ4n) is 4.13. The lowest BCUT2D eigenvalue weighted by atomic mass is 10.2. The van der Waals surface area contributed by atoms with Crippen LogP contribution in [0.3, 0.4) is 0 Å². The number of benzene rings is 1. The van der Waals surface area contributed by atoms with Crippen LogP contribution in [0.15, 0.2) is 41.6 Å². The van der Waals surface area contributed by atoms with Gasteiger partial charge < -0.3 is 20.3 Å². The number of rotatable bonds is 5. The number of nitrogen functional groups attached to an aromatic ring is 1. The second kappa shape index (κ2) is 8.05. The lowest BCUT2D eigenvalue weighted by Crippen LogP contribution is -2.28. The van der Waals surface area contributed by atoms with Crippen LogP contribution >= 0.6 is 11.8 Å². The highest BCUT2D eigenvalue weighted by Crippen LogP contribution is 2.42. The summed E-state index contributed by atoms with van der Waals surface area (Å²) in [5, 5.41) is 10.6. The zero-order valence-electron chi connectivity index (χ0n) is 16.7. The SMILES string of the molecule is C[C@H]1O[C@@H](n2cnc3c(N)nc(OC4CCCC4)nc32)[C@@H](Sc2ccccc2)[C@@H]1O. The molecule has 3 aromatic rings. The maximum Gasteiger partial charge on any atom is 0.320 e. The van der Waals surface area contributed by atoms with Gasteiger partial charge in [0.1, 0.15) is 6.10 Å².